The van der Waals surface area contributed by atoms with Crippen molar-refractivity contribution in [2.45, 2.75) is 25.4 Å². The Hall–Kier alpha value is -3.34. The smallest absolute Gasteiger partial charge is 0.166 e. The third kappa shape index (κ3) is 2.91. The fourth-order valence-corrected chi connectivity index (χ4v) is 3.64. The number of aromatic nitrogens is 4. The zero-order valence-corrected chi connectivity index (χ0v) is 14.9. The van der Waals surface area contributed by atoms with Crippen LogP contribution in [0, 0.1) is 13.0 Å². The molecule has 0 aliphatic carbocycles. The van der Waals surface area contributed by atoms with Crippen LogP contribution in [0.25, 0.3) is 11.3 Å². The van der Waals surface area contributed by atoms with Crippen LogP contribution >= 0.6 is 0 Å². The molecular formula is C22H19N4O. The number of nitrogens with zero attached hydrogens (tertiary/aromatic N) is 2. The van der Waals surface area contributed by atoms with E-state index in [1.165, 1.54) is 5.56 Å². The van der Waals surface area contributed by atoms with E-state index < -0.39 is 0 Å². The van der Waals surface area contributed by atoms with Crippen LogP contribution in [0.3, 0.4) is 0 Å². The van der Waals surface area contributed by atoms with Gasteiger partial charge in [0.05, 0.1) is 17.3 Å². The maximum Gasteiger partial charge on any atom is 0.166 e. The fraction of sp³-hybridized carbons (Fsp3) is 0.182. The molecule has 5 nitrogen and oxygen atoms in total. The molecule has 0 spiro atoms. The maximum absolute atomic E-state index is 6.36. The number of aromatic amines is 2. The SMILES string of the molecule is Cc1c[nH]c(C2Cc3cc[c]cc3OC2c2nc(-c3ccccc3)c[nH]2)n1. The molecule has 0 saturated carbocycles. The highest BCUT2D eigenvalue weighted by molar-refractivity contribution is 5.58. The molecule has 1 radical (unpaired) electrons. The fourth-order valence-electron chi connectivity index (χ4n) is 3.64. The second kappa shape index (κ2) is 6.43. The number of fused-ring (bicyclic) bond motifs is 1. The van der Waals surface area contributed by atoms with Crippen LogP contribution in [0.15, 0.2) is 60.9 Å². The number of imidazole rings is 2. The minimum absolute atomic E-state index is 0.0587. The summed E-state index contributed by atoms with van der Waals surface area (Å²) in [6, 6.07) is 19.1. The highest BCUT2D eigenvalue weighted by Gasteiger charge is 2.36. The molecule has 0 amide bonds. The summed E-state index contributed by atoms with van der Waals surface area (Å²) in [6.07, 6.45) is 4.46. The Morgan fingerprint density at radius 2 is 1.89 bits per heavy atom. The van der Waals surface area contributed by atoms with Crippen LogP contribution < -0.4 is 4.74 Å². The normalized spacial score (nSPS) is 18.7. The lowest BCUT2D eigenvalue weighted by Crippen LogP contribution is -2.26. The first-order valence-corrected chi connectivity index (χ1v) is 9.06. The van der Waals surface area contributed by atoms with Crippen molar-refractivity contribution in [1.82, 2.24) is 19.9 Å². The summed E-state index contributed by atoms with van der Waals surface area (Å²) >= 11 is 0. The molecule has 1 aliphatic heterocycles. The first-order chi connectivity index (χ1) is 13.3. The Morgan fingerprint density at radius 3 is 2.70 bits per heavy atom. The summed E-state index contributed by atoms with van der Waals surface area (Å²) in [7, 11) is 0. The summed E-state index contributed by atoms with van der Waals surface area (Å²) in [5.74, 6) is 2.65. The average molecular weight is 355 g/mol. The monoisotopic (exact) mass is 355 g/mol. The van der Waals surface area contributed by atoms with E-state index in [1.54, 1.807) is 0 Å². The van der Waals surface area contributed by atoms with E-state index in [0.717, 1.165) is 40.8 Å². The molecule has 2 aromatic heterocycles. The van der Waals surface area contributed by atoms with Gasteiger partial charge in [-0.1, -0.05) is 42.5 Å². The Balaban J connectivity index is 1.55. The maximum atomic E-state index is 6.36. The van der Waals surface area contributed by atoms with Crippen molar-refractivity contribution >= 4 is 0 Å². The van der Waals surface area contributed by atoms with E-state index in [-0.39, 0.29) is 12.0 Å². The summed E-state index contributed by atoms with van der Waals surface area (Å²) in [5.41, 5.74) is 4.13. The largest absolute Gasteiger partial charge is 0.481 e. The number of aryl methyl sites for hydroxylation is 1. The van der Waals surface area contributed by atoms with Crippen LogP contribution in [0.1, 0.15) is 34.9 Å². The lowest BCUT2D eigenvalue weighted by Gasteiger charge is -2.31. The minimum atomic E-state index is -0.240. The third-order valence-electron chi connectivity index (χ3n) is 4.98. The van der Waals surface area contributed by atoms with Crippen molar-refractivity contribution in [1.29, 1.82) is 0 Å². The molecule has 5 rings (SSSR count). The second-order valence-electron chi connectivity index (χ2n) is 6.85. The summed E-state index contributed by atoms with van der Waals surface area (Å²) < 4.78 is 6.36. The molecule has 27 heavy (non-hydrogen) atoms. The number of hydrogen-bond donors (Lipinski definition) is 2. The summed E-state index contributed by atoms with van der Waals surface area (Å²) in [5, 5.41) is 0. The van der Waals surface area contributed by atoms with E-state index in [1.807, 2.05) is 49.6 Å². The van der Waals surface area contributed by atoms with Gasteiger partial charge in [-0.25, -0.2) is 9.97 Å². The van der Waals surface area contributed by atoms with Crippen LogP contribution in [0.5, 0.6) is 5.75 Å². The lowest BCUT2D eigenvalue weighted by molar-refractivity contribution is 0.140. The average Bonchev–Trinajstić information content (AvgIpc) is 3.37. The van der Waals surface area contributed by atoms with Gasteiger partial charge in [0.25, 0.3) is 0 Å². The molecule has 2 aromatic carbocycles. The number of rotatable bonds is 3. The van der Waals surface area contributed by atoms with Gasteiger partial charge in [0.15, 0.2) is 6.10 Å². The lowest BCUT2D eigenvalue weighted by atomic mass is 9.89. The van der Waals surface area contributed by atoms with Crippen molar-refractivity contribution < 1.29 is 4.74 Å². The minimum Gasteiger partial charge on any atom is -0.481 e. The van der Waals surface area contributed by atoms with Gasteiger partial charge in [0.2, 0.25) is 0 Å². The Labute approximate surface area is 157 Å². The third-order valence-corrected chi connectivity index (χ3v) is 4.98. The van der Waals surface area contributed by atoms with Crippen molar-refractivity contribution in [3.63, 3.8) is 0 Å². The van der Waals surface area contributed by atoms with E-state index in [4.69, 9.17) is 9.72 Å². The Kier molecular flexibility index (Phi) is 3.78. The zero-order valence-electron chi connectivity index (χ0n) is 14.9. The Morgan fingerprint density at radius 1 is 1.04 bits per heavy atom. The van der Waals surface area contributed by atoms with Crippen molar-refractivity contribution in [3.8, 4) is 17.0 Å². The topological polar surface area (TPSA) is 66.6 Å². The van der Waals surface area contributed by atoms with Gasteiger partial charge >= 0.3 is 0 Å². The first kappa shape index (κ1) is 15.9. The first-order valence-electron chi connectivity index (χ1n) is 9.06. The molecule has 5 heteroatoms. The van der Waals surface area contributed by atoms with Crippen LogP contribution in [0.4, 0.5) is 0 Å². The number of hydrogen-bond acceptors (Lipinski definition) is 3. The van der Waals surface area contributed by atoms with E-state index in [0.29, 0.717) is 0 Å². The predicted molar refractivity (Wildman–Crippen MR) is 102 cm³/mol. The Bertz CT molecular complexity index is 1070. The highest BCUT2D eigenvalue weighted by atomic mass is 16.5. The van der Waals surface area contributed by atoms with Crippen molar-refractivity contribution in [3.05, 3.63) is 89.9 Å². The molecule has 2 unspecified atom stereocenters. The van der Waals surface area contributed by atoms with Gasteiger partial charge in [-0.2, -0.15) is 0 Å². The second-order valence-corrected chi connectivity index (χ2v) is 6.85. The van der Waals surface area contributed by atoms with Crippen LogP contribution in [0.2, 0.25) is 0 Å². The molecule has 1 aliphatic rings. The van der Waals surface area contributed by atoms with Gasteiger partial charge in [0, 0.05) is 18.0 Å². The molecule has 0 bridgehead atoms. The molecule has 4 aromatic rings. The molecular weight excluding hydrogens is 336 g/mol. The molecule has 0 saturated heterocycles. The molecule has 0 fully saturated rings. The van der Waals surface area contributed by atoms with E-state index in [2.05, 4.69) is 39.2 Å². The van der Waals surface area contributed by atoms with Gasteiger partial charge in [-0.15, -0.1) is 0 Å². The zero-order chi connectivity index (χ0) is 18.2. The molecule has 133 valence electrons. The summed E-state index contributed by atoms with van der Waals surface area (Å²) in [6.45, 7) is 1.99. The number of benzene rings is 2. The van der Waals surface area contributed by atoms with Crippen molar-refractivity contribution in [2.24, 2.45) is 0 Å². The standard InChI is InChI=1S/C22H19N4O/c1-14-12-23-21(25-14)17-11-16-9-5-6-10-19(16)27-20(17)22-24-13-18(26-22)15-7-3-2-4-8-15/h2-5,7-10,12-13,17,20H,11H2,1H3,(H,23,25)(H,24,26). The molecule has 2 atom stereocenters. The predicted octanol–water partition coefficient (Wildman–Crippen LogP) is 4.37. The summed E-state index contributed by atoms with van der Waals surface area (Å²) in [4.78, 5) is 16.1. The van der Waals surface area contributed by atoms with Gasteiger partial charge in [-0.3, -0.25) is 0 Å². The molecule has 2 N–H and O–H groups in total. The number of nitrogens with one attached hydrogen (secondary N) is 2. The van der Waals surface area contributed by atoms with Gasteiger partial charge < -0.3 is 14.7 Å². The van der Waals surface area contributed by atoms with Gasteiger partial charge in [-0.05, 0) is 31.0 Å². The highest BCUT2D eigenvalue weighted by Crippen LogP contribution is 2.42. The number of ether oxygens (including phenoxy) is 1. The van der Waals surface area contributed by atoms with Crippen molar-refractivity contribution in [2.75, 3.05) is 0 Å². The quantitative estimate of drug-likeness (QED) is 0.573. The van der Waals surface area contributed by atoms with Gasteiger partial charge in [0.1, 0.15) is 17.4 Å². The van der Waals surface area contributed by atoms with E-state index in [9.17, 15) is 0 Å². The molecule has 3 heterocycles. The van der Waals surface area contributed by atoms with E-state index >= 15 is 0 Å². The van der Waals surface area contributed by atoms with Crippen LogP contribution in [-0.4, -0.2) is 19.9 Å². The van der Waals surface area contributed by atoms with Crippen LogP contribution in [-0.2, 0) is 6.42 Å². The number of H-pyrrole nitrogens is 2.